The number of aromatic nitrogens is 3. The Kier molecular flexibility index (Phi) is 7.32. The maximum atomic E-state index is 4.79. The second-order valence-corrected chi connectivity index (χ2v) is 8.85. The third-order valence-corrected chi connectivity index (χ3v) is 6.69. The van der Waals surface area contributed by atoms with Gasteiger partial charge >= 0.3 is 0 Å². The number of hydrogen-bond donors (Lipinski definition) is 2. The van der Waals surface area contributed by atoms with Crippen LogP contribution >= 0.6 is 11.3 Å². The van der Waals surface area contributed by atoms with Crippen molar-refractivity contribution in [3.05, 3.63) is 64.9 Å². The Morgan fingerprint density at radius 2 is 2.06 bits per heavy atom. The zero-order valence-electron chi connectivity index (χ0n) is 18.2. The molecular weight excluding hydrogens is 406 g/mol. The number of guanidine groups is 1. The Balaban J connectivity index is 1.44. The summed E-state index contributed by atoms with van der Waals surface area (Å²) in [5.41, 5.74) is 1.04. The summed E-state index contributed by atoms with van der Waals surface area (Å²) in [4.78, 5) is 8.74. The van der Waals surface area contributed by atoms with Crippen molar-refractivity contribution in [2.24, 2.45) is 10.9 Å². The van der Waals surface area contributed by atoms with Crippen molar-refractivity contribution in [2.75, 3.05) is 26.7 Å². The van der Waals surface area contributed by atoms with Crippen molar-refractivity contribution >= 4 is 17.3 Å². The first-order chi connectivity index (χ1) is 15.3. The third kappa shape index (κ3) is 5.32. The van der Waals surface area contributed by atoms with E-state index < -0.39 is 0 Å². The molecule has 0 saturated carbocycles. The van der Waals surface area contributed by atoms with Gasteiger partial charge in [-0.25, -0.2) is 4.99 Å². The molecule has 2 aromatic heterocycles. The molecular formula is C23H31N7S. The summed E-state index contributed by atoms with van der Waals surface area (Å²) in [5, 5.41) is 17.5. The molecule has 0 radical (unpaired) electrons. The molecule has 2 N–H and O–H groups in total. The number of rotatable bonds is 7. The monoisotopic (exact) mass is 437 g/mol. The third-order valence-electron chi connectivity index (χ3n) is 5.75. The molecule has 3 aromatic rings. The molecule has 4 rings (SSSR count). The lowest BCUT2D eigenvalue weighted by molar-refractivity contribution is 0.125. The summed E-state index contributed by atoms with van der Waals surface area (Å²) >= 11 is 1.86. The molecule has 164 valence electrons. The number of piperidine rings is 1. The standard InChI is InChI=1S/C23H31N7S/c1-3-24-23(26-16-21-28-27-17-30(21)19-10-5-4-6-11-19)25-15-18-9-7-13-29(2)22(18)20-12-8-14-31-20/h4-6,8,10-12,14,17-18,22H,3,7,9,13,15-16H2,1-2H3,(H2,24,25,26). The van der Waals surface area contributed by atoms with Crippen molar-refractivity contribution in [1.82, 2.24) is 30.3 Å². The highest BCUT2D eigenvalue weighted by molar-refractivity contribution is 7.10. The zero-order valence-corrected chi connectivity index (χ0v) is 19.1. The first-order valence-electron chi connectivity index (χ1n) is 11.0. The van der Waals surface area contributed by atoms with E-state index in [0.717, 1.165) is 37.1 Å². The van der Waals surface area contributed by atoms with Crippen LogP contribution in [0.25, 0.3) is 5.69 Å². The Morgan fingerprint density at radius 3 is 2.84 bits per heavy atom. The summed E-state index contributed by atoms with van der Waals surface area (Å²) in [5.74, 6) is 2.19. The molecule has 7 nitrogen and oxygen atoms in total. The molecule has 2 unspecified atom stereocenters. The van der Waals surface area contributed by atoms with Gasteiger partial charge in [0.25, 0.3) is 0 Å². The lowest BCUT2D eigenvalue weighted by Crippen LogP contribution is -2.44. The Morgan fingerprint density at radius 1 is 1.19 bits per heavy atom. The van der Waals surface area contributed by atoms with Crippen LogP contribution in [0.3, 0.4) is 0 Å². The zero-order chi connectivity index (χ0) is 21.5. The average Bonchev–Trinajstić information content (AvgIpc) is 3.48. The summed E-state index contributed by atoms with van der Waals surface area (Å²) in [7, 11) is 2.24. The fourth-order valence-electron chi connectivity index (χ4n) is 4.27. The Labute approximate surface area is 188 Å². The Hall–Kier alpha value is -2.71. The van der Waals surface area contributed by atoms with Gasteiger partial charge in [0.2, 0.25) is 0 Å². The van der Waals surface area contributed by atoms with Crippen LogP contribution in [0, 0.1) is 5.92 Å². The van der Waals surface area contributed by atoms with Crippen molar-refractivity contribution in [1.29, 1.82) is 0 Å². The van der Waals surface area contributed by atoms with Crippen molar-refractivity contribution in [2.45, 2.75) is 32.4 Å². The predicted molar refractivity (Wildman–Crippen MR) is 127 cm³/mol. The molecule has 8 heteroatoms. The highest BCUT2D eigenvalue weighted by Gasteiger charge is 2.31. The van der Waals surface area contributed by atoms with Crippen LogP contribution in [0.4, 0.5) is 0 Å². The molecule has 1 fully saturated rings. The van der Waals surface area contributed by atoms with Crippen molar-refractivity contribution < 1.29 is 0 Å². The molecule has 1 aliphatic rings. The van der Waals surface area contributed by atoms with Crippen LogP contribution in [-0.2, 0) is 6.54 Å². The lowest BCUT2D eigenvalue weighted by atomic mass is 9.88. The molecule has 1 saturated heterocycles. The maximum absolute atomic E-state index is 4.79. The summed E-state index contributed by atoms with van der Waals surface area (Å²) in [6.07, 6.45) is 4.20. The van der Waals surface area contributed by atoms with Crippen molar-refractivity contribution in [3.8, 4) is 5.69 Å². The van der Waals surface area contributed by atoms with Gasteiger partial charge in [-0.3, -0.25) is 9.47 Å². The van der Waals surface area contributed by atoms with E-state index in [9.17, 15) is 0 Å². The van der Waals surface area contributed by atoms with Crippen LogP contribution in [-0.4, -0.2) is 52.3 Å². The highest BCUT2D eigenvalue weighted by Crippen LogP contribution is 2.36. The van der Waals surface area contributed by atoms with Gasteiger partial charge in [-0.2, -0.15) is 0 Å². The molecule has 0 amide bonds. The minimum absolute atomic E-state index is 0.461. The van der Waals surface area contributed by atoms with Gasteiger partial charge in [0, 0.05) is 29.7 Å². The minimum atomic E-state index is 0.461. The number of nitrogens with one attached hydrogen (secondary N) is 2. The lowest BCUT2D eigenvalue weighted by Gasteiger charge is -2.39. The van der Waals surface area contributed by atoms with E-state index in [2.05, 4.69) is 57.2 Å². The number of aliphatic imine (C=N–C) groups is 1. The van der Waals surface area contributed by atoms with Crippen LogP contribution in [0.2, 0.25) is 0 Å². The normalized spacial score (nSPS) is 20.0. The van der Waals surface area contributed by atoms with Gasteiger partial charge in [-0.15, -0.1) is 21.5 Å². The molecule has 1 aromatic carbocycles. The van der Waals surface area contributed by atoms with E-state index in [0.29, 0.717) is 18.5 Å². The molecule has 2 atom stereocenters. The molecule has 31 heavy (non-hydrogen) atoms. The van der Waals surface area contributed by atoms with Gasteiger partial charge in [0.1, 0.15) is 12.9 Å². The fourth-order valence-corrected chi connectivity index (χ4v) is 5.26. The Bertz CT molecular complexity index is 951. The van der Waals surface area contributed by atoms with Gasteiger partial charge in [-0.05, 0) is 62.9 Å². The second-order valence-electron chi connectivity index (χ2n) is 7.87. The topological polar surface area (TPSA) is 70.4 Å². The molecule has 0 bridgehead atoms. The smallest absolute Gasteiger partial charge is 0.191 e. The number of nitrogens with zero attached hydrogens (tertiary/aromatic N) is 5. The molecule has 3 heterocycles. The second kappa shape index (κ2) is 10.5. The minimum Gasteiger partial charge on any atom is -0.357 e. The average molecular weight is 438 g/mol. The number of para-hydroxylation sites is 1. The first kappa shape index (κ1) is 21.5. The molecule has 0 spiro atoms. The van der Waals surface area contributed by atoms with Crippen molar-refractivity contribution in [3.63, 3.8) is 0 Å². The summed E-state index contributed by atoms with van der Waals surface area (Å²) < 4.78 is 1.98. The summed E-state index contributed by atoms with van der Waals surface area (Å²) in [6, 6.07) is 15.0. The predicted octanol–water partition coefficient (Wildman–Crippen LogP) is 3.47. The molecule has 1 aliphatic heterocycles. The van der Waals surface area contributed by atoms with E-state index >= 15 is 0 Å². The number of thiophene rings is 1. The van der Waals surface area contributed by atoms with Crippen LogP contribution in [0.5, 0.6) is 0 Å². The molecule has 0 aliphatic carbocycles. The largest absolute Gasteiger partial charge is 0.357 e. The van der Waals surface area contributed by atoms with E-state index in [4.69, 9.17) is 4.99 Å². The summed E-state index contributed by atoms with van der Waals surface area (Å²) in [6.45, 7) is 5.41. The number of benzene rings is 1. The van der Waals surface area contributed by atoms with E-state index in [1.807, 2.05) is 46.2 Å². The van der Waals surface area contributed by atoms with E-state index in [1.54, 1.807) is 6.33 Å². The van der Waals surface area contributed by atoms with E-state index in [-0.39, 0.29) is 0 Å². The number of hydrogen-bond acceptors (Lipinski definition) is 5. The SMILES string of the molecule is CCNC(=NCc1nncn1-c1ccccc1)NCC1CCCN(C)C1c1cccs1. The van der Waals surface area contributed by atoms with Gasteiger partial charge in [0.05, 0.1) is 0 Å². The van der Waals surface area contributed by atoms with Crippen LogP contribution in [0.15, 0.2) is 59.2 Å². The highest BCUT2D eigenvalue weighted by atomic mass is 32.1. The van der Waals surface area contributed by atoms with Crippen LogP contribution < -0.4 is 10.6 Å². The van der Waals surface area contributed by atoms with Crippen LogP contribution in [0.1, 0.15) is 36.5 Å². The first-order valence-corrected chi connectivity index (χ1v) is 11.8. The van der Waals surface area contributed by atoms with E-state index in [1.165, 1.54) is 17.7 Å². The number of likely N-dealkylation sites (tertiary alicyclic amines) is 1. The quantitative estimate of drug-likeness (QED) is 0.438. The van der Waals surface area contributed by atoms with Gasteiger partial charge in [0.15, 0.2) is 11.8 Å². The fraction of sp³-hybridized carbons (Fsp3) is 0.435. The van der Waals surface area contributed by atoms with Gasteiger partial charge < -0.3 is 10.6 Å². The van der Waals surface area contributed by atoms with Gasteiger partial charge in [-0.1, -0.05) is 24.3 Å². The maximum Gasteiger partial charge on any atom is 0.191 e.